The largest absolute Gasteiger partial charge is 0.342 e. The fourth-order valence-electron chi connectivity index (χ4n) is 4.60. The Kier molecular flexibility index (Phi) is 4.73. The number of piperidine rings is 1. The van der Waals surface area contributed by atoms with Gasteiger partial charge in [-0.25, -0.2) is 0 Å². The molecule has 0 saturated carbocycles. The number of nitrogens with zero attached hydrogens (tertiary/aromatic N) is 5. The second kappa shape index (κ2) is 7.55. The first-order chi connectivity index (χ1) is 14.6. The van der Waals surface area contributed by atoms with Crippen LogP contribution < -0.4 is 4.90 Å². The number of carbonyl (C=O) groups excluding carboxylic acids is 2. The Balaban J connectivity index is 1.23. The minimum atomic E-state index is -0.260. The van der Waals surface area contributed by atoms with Crippen LogP contribution in [0.4, 0.5) is 5.69 Å². The van der Waals surface area contributed by atoms with Crippen molar-refractivity contribution in [2.45, 2.75) is 32.1 Å². The van der Waals surface area contributed by atoms with Gasteiger partial charge in [0.05, 0.1) is 5.92 Å². The van der Waals surface area contributed by atoms with Gasteiger partial charge in [-0.3, -0.25) is 14.0 Å². The first-order valence-electron chi connectivity index (χ1n) is 10.6. The topological polar surface area (TPSA) is 70.8 Å². The number of aromatic nitrogens is 3. The first-order valence-corrected chi connectivity index (χ1v) is 10.6. The summed E-state index contributed by atoms with van der Waals surface area (Å²) in [6.45, 7) is 3.88. The zero-order chi connectivity index (χ0) is 20.7. The van der Waals surface area contributed by atoms with Gasteiger partial charge in [0.1, 0.15) is 5.82 Å². The number of fused-ring (bicyclic) bond motifs is 1. The molecule has 5 rings (SSSR count). The molecule has 3 aromatic rings. The van der Waals surface area contributed by atoms with E-state index < -0.39 is 0 Å². The Morgan fingerprint density at radius 1 is 1.03 bits per heavy atom. The van der Waals surface area contributed by atoms with Crippen LogP contribution in [0.25, 0.3) is 5.65 Å². The van der Waals surface area contributed by atoms with E-state index in [0.29, 0.717) is 32.0 Å². The molecule has 154 valence electrons. The third-order valence-corrected chi connectivity index (χ3v) is 6.33. The standard InChI is InChI=1S/C23H25N5O2/c1-16-5-7-19(8-6-16)28-15-18(14-21(28)29)23(30)26-12-9-17(10-13-26)22-25-24-20-4-2-3-11-27(20)22/h2-8,11,17-18H,9-10,12-15H2,1H3. The van der Waals surface area contributed by atoms with Crippen molar-refractivity contribution in [1.82, 2.24) is 19.5 Å². The Bertz CT molecular complexity index is 1080. The molecule has 2 fully saturated rings. The number of amides is 2. The number of carbonyl (C=O) groups is 2. The predicted molar refractivity (Wildman–Crippen MR) is 113 cm³/mol. The van der Waals surface area contributed by atoms with Gasteiger partial charge in [-0.05, 0) is 44.0 Å². The maximum atomic E-state index is 13.1. The SMILES string of the molecule is Cc1ccc(N2CC(C(=O)N3CCC(c4nnc5ccccn45)CC3)CC2=O)cc1. The molecule has 30 heavy (non-hydrogen) atoms. The summed E-state index contributed by atoms with van der Waals surface area (Å²) < 4.78 is 2.04. The van der Waals surface area contributed by atoms with Crippen LogP contribution in [-0.4, -0.2) is 50.9 Å². The van der Waals surface area contributed by atoms with Crippen molar-refractivity contribution >= 4 is 23.1 Å². The Hall–Kier alpha value is -3.22. The number of hydrogen-bond acceptors (Lipinski definition) is 4. The van der Waals surface area contributed by atoms with Crippen LogP contribution in [0.3, 0.4) is 0 Å². The number of aryl methyl sites for hydroxylation is 1. The van der Waals surface area contributed by atoms with Crippen molar-refractivity contribution < 1.29 is 9.59 Å². The third kappa shape index (κ3) is 3.34. The van der Waals surface area contributed by atoms with Gasteiger partial charge in [0.2, 0.25) is 11.8 Å². The van der Waals surface area contributed by atoms with Crippen molar-refractivity contribution in [3.63, 3.8) is 0 Å². The summed E-state index contributed by atoms with van der Waals surface area (Å²) in [5.41, 5.74) is 2.88. The normalized spacial score (nSPS) is 20.3. The van der Waals surface area contributed by atoms with Gasteiger partial charge >= 0.3 is 0 Å². The van der Waals surface area contributed by atoms with Crippen LogP contribution in [0.1, 0.15) is 36.6 Å². The molecule has 2 aromatic heterocycles. The molecule has 0 N–H and O–H groups in total. The van der Waals surface area contributed by atoms with E-state index in [1.54, 1.807) is 4.90 Å². The monoisotopic (exact) mass is 403 g/mol. The molecular formula is C23H25N5O2. The highest BCUT2D eigenvalue weighted by molar-refractivity contribution is 6.00. The minimum absolute atomic E-state index is 0.0296. The molecule has 2 saturated heterocycles. The maximum Gasteiger partial charge on any atom is 0.228 e. The van der Waals surface area contributed by atoms with Gasteiger partial charge in [-0.1, -0.05) is 23.8 Å². The smallest absolute Gasteiger partial charge is 0.228 e. The molecule has 1 aromatic carbocycles. The summed E-state index contributed by atoms with van der Waals surface area (Å²) in [4.78, 5) is 29.3. The van der Waals surface area contributed by atoms with Crippen molar-refractivity contribution in [1.29, 1.82) is 0 Å². The lowest BCUT2D eigenvalue weighted by atomic mass is 9.94. The van der Waals surface area contributed by atoms with E-state index in [0.717, 1.165) is 35.6 Å². The van der Waals surface area contributed by atoms with E-state index in [9.17, 15) is 9.59 Å². The van der Waals surface area contributed by atoms with Crippen molar-refractivity contribution in [3.05, 3.63) is 60.0 Å². The van der Waals surface area contributed by atoms with E-state index in [2.05, 4.69) is 10.2 Å². The van der Waals surface area contributed by atoms with E-state index in [-0.39, 0.29) is 17.7 Å². The Morgan fingerprint density at radius 3 is 2.57 bits per heavy atom. The van der Waals surface area contributed by atoms with Gasteiger partial charge < -0.3 is 9.80 Å². The fourth-order valence-corrected chi connectivity index (χ4v) is 4.60. The molecule has 2 aliphatic rings. The van der Waals surface area contributed by atoms with Gasteiger partial charge in [-0.15, -0.1) is 10.2 Å². The lowest BCUT2D eigenvalue weighted by Crippen LogP contribution is -2.42. The van der Waals surface area contributed by atoms with Crippen LogP contribution in [-0.2, 0) is 9.59 Å². The number of rotatable bonds is 3. The van der Waals surface area contributed by atoms with Gasteiger partial charge in [0, 0.05) is 43.9 Å². The molecule has 7 heteroatoms. The highest BCUT2D eigenvalue weighted by atomic mass is 16.2. The molecule has 2 aliphatic heterocycles. The average molecular weight is 403 g/mol. The molecule has 2 amide bonds. The van der Waals surface area contributed by atoms with Gasteiger partial charge in [0.25, 0.3) is 0 Å². The van der Waals surface area contributed by atoms with Crippen LogP contribution in [0.5, 0.6) is 0 Å². The lowest BCUT2D eigenvalue weighted by molar-refractivity contribution is -0.136. The number of anilines is 1. The summed E-state index contributed by atoms with van der Waals surface area (Å²) >= 11 is 0. The van der Waals surface area contributed by atoms with Crippen LogP contribution in [0, 0.1) is 12.8 Å². The zero-order valence-electron chi connectivity index (χ0n) is 17.1. The van der Waals surface area contributed by atoms with Crippen LogP contribution in [0.2, 0.25) is 0 Å². The molecule has 1 atom stereocenters. The van der Waals surface area contributed by atoms with E-state index in [1.165, 1.54) is 0 Å². The molecule has 1 unspecified atom stereocenters. The second-order valence-electron chi connectivity index (χ2n) is 8.33. The number of likely N-dealkylation sites (tertiary alicyclic amines) is 1. The van der Waals surface area contributed by atoms with E-state index in [1.807, 2.05) is 64.9 Å². The van der Waals surface area contributed by atoms with Crippen molar-refractivity contribution in [2.24, 2.45) is 5.92 Å². The van der Waals surface area contributed by atoms with E-state index >= 15 is 0 Å². The summed E-state index contributed by atoms with van der Waals surface area (Å²) in [6.07, 6.45) is 4.01. The third-order valence-electron chi connectivity index (χ3n) is 6.33. The predicted octanol–water partition coefficient (Wildman–Crippen LogP) is 2.80. The average Bonchev–Trinajstić information content (AvgIpc) is 3.38. The molecule has 0 bridgehead atoms. The second-order valence-corrected chi connectivity index (χ2v) is 8.33. The molecular weight excluding hydrogens is 378 g/mol. The highest BCUT2D eigenvalue weighted by Gasteiger charge is 2.38. The first kappa shape index (κ1) is 18.8. The van der Waals surface area contributed by atoms with Gasteiger partial charge in [-0.2, -0.15) is 0 Å². The molecule has 0 aliphatic carbocycles. The molecule has 0 radical (unpaired) electrons. The Labute approximate surface area is 175 Å². The molecule has 4 heterocycles. The molecule has 0 spiro atoms. The highest BCUT2D eigenvalue weighted by Crippen LogP contribution is 2.31. The number of pyridine rings is 1. The van der Waals surface area contributed by atoms with E-state index in [4.69, 9.17) is 0 Å². The Morgan fingerprint density at radius 2 is 1.80 bits per heavy atom. The number of benzene rings is 1. The molecule has 7 nitrogen and oxygen atoms in total. The van der Waals surface area contributed by atoms with Gasteiger partial charge in [0.15, 0.2) is 5.65 Å². The minimum Gasteiger partial charge on any atom is -0.342 e. The quantitative estimate of drug-likeness (QED) is 0.674. The van der Waals surface area contributed by atoms with Crippen molar-refractivity contribution in [2.75, 3.05) is 24.5 Å². The van der Waals surface area contributed by atoms with Crippen molar-refractivity contribution in [3.8, 4) is 0 Å². The number of hydrogen-bond donors (Lipinski definition) is 0. The fraction of sp³-hybridized carbons (Fsp3) is 0.391. The summed E-state index contributed by atoms with van der Waals surface area (Å²) in [5, 5.41) is 8.64. The lowest BCUT2D eigenvalue weighted by Gasteiger charge is -2.32. The zero-order valence-corrected chi connectivity index (χ0v) is 17.1. The summed E-state index contributed by atoms with van der Waals surface area (Å²) in [6, 6.07) is 13.8. The van der Waals surface area contributed by atoms with Crippen LogP contribution >= 0.6 is 0 Å². The summed E-state index contributed by atoms with van der Waals surface area (Å²) in [5.74, 6) is 1.13. The summed E-state index contributed by atoms with van der Waals surface area (Å²) in [7, 11) is 0. The van der Waals surface area contributed by atoms with Crippen LogP contribution in [0.15, 0.2) is 48.7 Å². The maximum absolute atomic E-state index is 13.1.